The second kappa shape index (κ2) is 9.34. The van der Waals surface area contributed by atoms with Gasteiger partial charge in [0.25, 0.3) is 5.91 Å². The third-order valence-electron chi connectivity index (χ3n) is 3.82. The van der Waals surface area contributed by atoms with Gasteiger partial charge in [-0.2, -0.15) is 0 Å². The molecule has 0 heterocycles. The number of likely N-dealkylation sites (N-methyl/N-ethyl adjacent to an activating group) is 1. The second-order valence-corrected chi connectivity index (χ2v) is 6.58. The summed E-state index contributed by atoms with van der Waals surface area (Å²) in [6.07, 6.45) is 2.00. The number of amides is 1. The molecule has 134 valence electrons. The fraction of sp³-hybridized carbons (Fsp3) is 0.316. The van der Waals surface area contributed by atoms with Gasteiger partial charge >= 0.3 is 0 Å². The molecular weight excluding hydrogens is 336 g/mol. The predicted molar refractivity (Wildman–Crippen MR) is 102 cm³/mol. The van der Waals surface area contributed by atoms with Gasteiger partial charge in [0.2, 0.25) is 0 Å². The third-order valence-corrected chi connectivity index (χ3v) is 4.62. The molecule has 0 aliphatic carbocycles. The third kappa shape index (κ3) is 5.41. The zero-order chi connectivity index (χ0) is 18.2. The Bertz CT molecular complexity index is 722. The van der Waals surface area contributed by atoms with E-state index in [1.165, 1.54) is 0 Å². The number of benzene rings is 2. The molecule has 2 N–H and O–H groups in total. The summed E-state index contributed by atoms with van der Waals surface area (Å²) in [5, 5.41) is 2.99. The lowest BCUT2D eigenvalue weighted by atomic mass is 10.1. The van der Waals surface area contributed by atoms with E-state index in [-0.39, 0.29) is 5.91 Å². The van der Waals surface area contributed by atoms with Crippen molar-refractivity contribution in [1.82, 2.24) is 0 Å². The average molecular weight is 361 g/mol. The van der Waals surface area contributed by atoms with Crippen LogP contribution in [0.5, 0.6) is 11.5 Å². The maximum Gasteiger partial charge on any atom is 0.279 e. The highest BCUT2D eigenvalue weighted by Gasteiger charge is 2.15. The van der Waals surface area contributed by atoms with Gasteiger partial charge in [-0.25, -0.2) is 0 Å². The first-order valence-corrected chi connectivity index (χ1v) is 9.25. The molecule has 0 spiro atoms. The minimum atomic E-state index is -0.0131. The molecule has 6 heteroatoms. The van der Waals surface area contributed by atoms with Gasteiger partial charge in [-0.1, -0.05) is 12.1 Å². The minimum Gasteiger partial charge on any atom is -0.497 e. The SMILES string of the molecule is COc1ccc(OC)c(C[NH+](C)CC(=O)Nc2ccccc2SC)c1. The Labute approximate surface area is 153 Å². The molecule has 0 aliphatic heterocycles. The van der Waals surface area contributed by atoms with E-state index in [2.05, 4.69) is 5.32 Å². The monoisotopic (exact) mass is 361 g/mol. The molecule has 5 nitrogen and oxygen atoms in total. The van der Waals surface area contributed by atoms with Crippen molar-refractivity contribution in [2.45, 2.75) is 11.4 Å². The van der Waals surface area contributed by atoms with Gasteiger partial charge < -0.3 is 19.7 Å². The summed E-state index contributed by atoms with van der Waals surface area (Å²) in [5.41, 5.74) is 1.86. The van der Waals surface area contributed by atoms with Crippen LogP contribution in [0.15, 0.2) is 47.4 Å². The number of hydrogen-bond acceptors (Lipinski definition) is 4. The Kier molecular flexibility index (Phi) is 7.16. The number of nitrogens with one attached hydrogen (secondary N) is 2. The first-order chi connectivity index (χ1) is 12.1. The highest BCUT2D eigenvalue weighted by molar-refractivity contribution is 7.98. The van der Waals surface area contributed by atoms with Crippen molar-refractivity contribution >= 4 is 23.4 Å². The molecule has 0 fully saturated rings. The molecule has 1 amide bonds. The zero-order valence-electron chi connectivity index (χ0n) is 15.1. The molecule has 1 atom stereocenters. The largest absolute Gasteiger partial charge is 0.497 e. The van der Waals surface area contributed by atoms with Crippen LogP contribution in [0.25, 0.3) is 0 Å². The van der Waals surface area contributed by atoms with Crippen LogP contribution in [0.4, 0.5) is 5.69 Å². The van der Waals surface area contributed by atoms with E-state index in [0.717, 1.165) is 32.5 Å². The maximum absolute atomic E-state index is 12.4. The first-order valence-electron chi connectivity index (χ1n) is 8.02. The summed E-state index contributed by atoms with van der Waals surface area (Å²) in [6, 6.07) is 13.5. The molecule has 2 rings (SSSR count). The van der Waals surface area contributed by atoms with Crippen LogP contribution in [0.3, 0.4) is 0 Å². The fourth-order valence-corrected chi connectivity index (χ4v) is 3.18. The van der Waals surface area contributed by atoms with Crippen LogP contribution < -0.4 is 19.7 Å². The van der Waals surface area contributed by atoms with Gasteiger partial charge in [0.05, 0.1) is 32.5 Å². The topological polar surface area (TPSA) is 52.0 Å². The van der Waals surface area contributed by atoms with Gasteiger partial charge in [-0.15, -0.1) is 11.8 Å². The Hall–Kier alpha value is -2.18. The van der Waals surface area contributed by atoms with Gasteiger partial charge in [0.1, 0.15) is 18.0 Å². The number of carbonyl (C=O) groups is 1. The lowest BCUT2D eigenvalue weighted by Gasteiger charge is -2.17. The van der Waals surface area contributed by atoms with E-state index in [0.29, 0.717) is 13.1 Å². The molecule has 0 aliphatic rings. The summed E-state index contributed by atoms with van der Waals surface area (Å²) in [5.74, 6) is 1.57. The standard InChI is InChI=1S/C19H24N2O3S/c1-21(12-14-11-15(23-2)9-10-17(14)24-3)13-19(22)20-16-7-5-6-8-18(16)25-4/h5-11H,12-13H2,1-4H3,(H,20,22)/p+1. The first kappa shape index (κ1) is 19.1. The molecule has 0 radical (unpaired) electrons. The molecule has 0 bridgehead atoms. The number of rotatable bonds is 8. The van der Waals surface area contributed by atoms with Crippen molar-refractivity contribution in [3.63, 3.8) is 0 Å². The Morgan fingerprint density at radius 2 is 1.92 bits per heavy atom. The van der Waals surface area contributed by atoms with Crippen LogP contribution in [0.2, 0.25) is 0 Å². The van der Waals surface area contributed by atoms with Gasteiger partial charge in [-0.05, 0) is 36.6 Å². The highest BCUT2D eigenvalue weighted by atomic mass is 32.2. The smallest absolute Gasteiger partial charge is 0.279 e. The Morgan fingerprint density at radius 1 is 1.16 bits per heavy atom. The van der Waals surface area contributed by atoms with Crippen LogP contribution >= 0.6 is 11.8 Å². The summed E-state index contributed by atoms with van der Waals surface area (Å²) in [7, 11) is 5.27. The summed E-state index contributed by atoms with van der Waals surface area (Å²) in [6.45, 7) is 1.03. The van der Waals surface area contributed by atoms with Crippen molar-refractivity contribution in [1.29, 1.82) is 0 Å². The van der Waals surface area contributed by atoms with Gasteiger partial charge in [0.15, 0.2) is 6.54 Å². The average Bonchev–Trinajstić information content (AvgIpc) is 2.61. The number of carbonyl (C=O) groups excluding carboxylic acids is 1. The van der Waals surface area contributed by atoms with Crippen LogP contribution in [0.1, 0.15) is 5.56 Å². The Balaban J connectivity index is 2.00. The number of anilines is 1. The van der Waals surface area contributed by atoms with Gasteiger partial charge in [-0.3, -0.25) is 4.79 Å². The van der Waals surface area contributed by atoms with E-state index in [1.807, 2.05) is 55.8 Å². The molecule has 2 aromatic carbocycles. The van der Waals surface area contributed by atoms with Crippen LogP contribution in [-0.2, 0) is 11.3 Å². The summed E-state index contributed by atoms with van der Waals surface area (Å²) < 4.78 is 10.7. The van der Waals surface area contributed by atoms with Gasteiger partial charge in [0, 0.05) is 4.90 Å². The molecular formula is C19H25N2O3S+. The second-order valence-electron chi connectivity index (χ2n) is 5.74. The number of para-hydroxylation sites is 1. The number of thioether (sulfide) groups is 1. The maximum atomic E-state index is 12.4. The quantitative estimate of drug-likeness (QED) is 0.707. The summed E-state index contributed by atoms with van der Waals surface area (Å²) in [4.78, 5) is 14.5. The Morgan fingerprint density at radius 3 is 2.60 bits per heavy atom. The number of quaternary nitrogens is 1. The lowest BCUT2D eigenvalue weighted by molar-refractivity contribution is -0.885. The van der Waals surface area contributed by atoms with Crippen LogP contribution in [-0.4, -0.2) is 40.0 Å². The molecule has 0 saturated carbocycles. The number of ether oxygens (including phenoxy) is 2. The molecule has 0 aromatic heterocycles. The van der Waals surface area contributed by atoms with E-state index in [9.17, 15) is 4.79 Å². The number of hydrogen-bond donors (Lipinski definition) is 2. The van der Waals surface area contributed by atoms with Crippen molar-refractivity contribution in [3.8, 4) is 11.5 Å². The predicted octanol–water partition coefficient (Wildman–Crippen LogP) is 2.08. The molecule has 1 unspecified atom stereocenters. The van der Waals surface area contributed by atoms with E-state index in [4.69, 9.17) is 9.47 Å². The van der Waals surface area contributed by atoms with Crippen molar-refractivity contribution in [2.24, 2.45) is 0 Å². The van der Waals surface area contributed by atoms with Crippen molar-refractivity contribution in [3.05, 3.63) is 48.0 Å². The molecule has 25 heavy (non-hydrogen) atoms. The zero-order valence-corrected chi connectivity index (χ0v) is 15.9. The molecule has 2 aromatic rings. The van der Waals surface area contributed by atoms with Crippen LogP contribution in [0, 0.1) is 0 Å². The minimum absolute atomic E-state index is 0.0131. The highest BCUT2D eigenvalue weighted by Crippen LogP contribution is 2.24. The lowest BCUT2D eigenvalue weighted by Crippen LogP contribution is -3.08. The van der Waals surface area contributed by atoms with E-state index < -0.39 is 0 Å². The normalized spacial score (nSPS) is 11.7. The van der Waals surface area contributed by atoms with Crippen molar-refractivity contribution in [2.75, 3.05) is 39.4 Å². The molecule has 0 saturated heterocycles. The number of methoxy groups -OCH3 is 2. The fourth-order valence-electron chi connectivity index (χ4n) is 2.62. The van der Waals surface area contributed by atoms with Crippen molar-refractivity contribution < 1.29 is 19.2 Å². The van der Waals surface area contributed by atoms with E-state index in [1.54, 1.807) is 26.0 Å². The van der Waals surface area contributed by atoms with E-state index >= 15 is 0 Å². The summed E-state index contributed by atoms with van der Waals surface area (Å²) >= 11 is 1.62.